The van der Waals surface area contributed by atoms with E-state index < -0.39 is 5.97 Å². The van der Waals surface area contributed by atoms with Gasteiger partial charge in [-0.1, -0.05) is 29.3 Å². The molecule has 1 N–H and O–H groups in total. The molecule has 0 fully saturated rings. The third-order valence-corrected chi connectivity index (χ3v) is 11.1. The van der Waals surface area contributed by atoms with Crippen LogP contribution in [-0.2, 0) is 20.0 Å². The fourth-order valence-electron chi connectivity index (χ4n) is 7.70. The number of carboxylic acids is 1. The average Bonchev–Trinajstić information content (AvgIpc) is 3.74. The van der Waals surface area contributed by atoms with Crippen molar-refractivity contribution in [3.05, 3.63) is 92.0 Å². The van der Waals surface area contributed by atoms with Crippen molar-refractivity contribution in [3.8, 4) is 16.9 Å². The standard InChI is InChI=1S/C39H40Cl2N6O4/c1-8-46-32-17-25(16-29(39(49)50)30(32)18-42-46)45-19-22(4)47-36-28(11-12-31(40)34(36)33-23(5)43-44(7)24(33)6)27(37(47)38(45)48)10-9-13-51-26-14-20(2)35(41)21(3)15-26/h11-12,14-18,22H,8-10,13,19H2,1-7H3,(H,49,50)/t22-/m1/s1. The zero-order valence-corrected chi connectivity index (χ0v) is 31.3. The summed E-state index contributed by atoms with van der Waals surface area (Å²) >= 11 is 13.5. The predicted octanol–water partition coefficient (Wildman–Crippen LogP) is 8.88. The van der Waals surface area contributed by atoms with Gasteiger partial charge in [0.2, 0.25) is 0 Å². The molecule has 3 aromatic heterocycles. The maximum atomic E-state index is 14.9. The van der Waals surface area contributed by atoms with Crippen molar-refractivity contribution < 1.29 is 19.4 Å². The number of carbonyl (C=O) groups excluding carboxylic acids is 1. The second-order valence-corrected chi connectivity index (χ2v) is 14.2. The number of amides is 1. The Morgan fingerprint density at radius 2 is 1.76 bits per heavy atom. The van der Waals surface area contributed by atoms with Crippen LogP contribution in [0.5, 0.6) is 5.75 Å². The predicted molar refractivity (Wildman–Crippen MR) is 202 cm³/mol. The number of aromatic nitrogens is 5. The highest BCUT2D eigenvalue weighted by atomic mass is 35.5. The molecule has 0 bridgehead atoms. The zero-order chi connectivity index (χ0) is 36.5. The van der Waals surface area contributed by atoms with E-state index in [2.05, 4.69) is 16.6 Å². The van der Waals surface area contributed by atoms with Crippen LogP contribution in [0.25, 0.3) is 32.9 Å². The molecule has 51 heavy (non-hydrogen) atoms. The van der Waals surface area contributed by atoms with Crippen LogP contribution in [0.3, 0.4) is 0 Å². The normalized spacial score (nSPS) is 14.6. The highest BCUT2D eigenvalue weighted by Crippen LogP contribution is 2.45. The van der Waals surface area contributed by atoms with Gasteiger partial charge in [0.05, 0.1) is 40.1 Å². The van der Waals surface area contributed by atoms with Gasteiger partial charge in [-0.2, -0.15) is 10.2 Å². The smallest absolute Gasteiger partial charge is 0.336 e. The van der Waals surface area contributed by atoms with Gasteiger partial charge in [-0.25, -0.2) is 4.79 Å². The number of carbonyl (C=O) groups is 2. The lowest BCUT2D eigenvalue weighted by molar-refractivity contribution is 0.0698. The molecule has 1 aliphatic rings. The van der Waals surface area contributed by atoms with E-state index in [1.807, 2.05) is 76.7 Å². The number of hydrogen-bond donors (Lipinski definition) is 1. The van der Waals surface area contributed by atoms with Gasteiger partial charge in [-0.3, -0.25) is 14.2 Å². The van der Waals surface area contributed by atoms with Crippen molar-refractivity contribution in [2.45, 2.75) is 67.0 Å². The van der Waals surface area contributed by atoms with E-state index in [9.17, 15) is 14.7 Å². The van der Waals surface area contributed by atoms with Crippen molar-refractivity contribution in [2.24, 2.45) is 7.05 Å². The van der Waals surface area contributed by atoms with Gasteiger partial charge in [0, 0.05) is 64.5 Å². The summed E-state index contributed by atoms with van der Waals surface area (Å²) < 4.78 is 11.9. The zero-order valence-electron chi connectivity index (χ0n) is 29.8. The molecule has 0 saturated carbocycles. The number of fused-ring (bicyclic) bond motifs is 4. The van der Waals surface area contributed by atoms with Crippen LogP contribution in [0.1, 0.15) is 75.2 Å². The number of anilines is 1. The Kier molecular flexibility index (Phi) is 8.88. The van der Waals surface area contributed by atoms with Crippen molar-refractivity contribution in [1.82, 2.24) is 24.1 Å². The van der Waals surface area contributed by atoms with Gasteiger partial charge in [0.1, 0.15) is 11.4 Å². The lowest BCUT2D eigenvalue weighted by atomic mass is 9.98. The molecule has 1 atom stereocenters. The van der Waals surface area contributed by atoms with Crippen molar-refractivity contribution in [1.29, 1.82) is 0 Å². The number of benzene rings is 3. The summed E-state index contributed by atoms with van der Waals surface area (Å²) in [5.74, 6) is -0.525. The van der Waals surface area contributed by atoms with E-state index in [1.165, 1.54) is 0 Å². The molecule has 0 spiro atoms. The molecule has 0 saturated heterocycles. The molecule has 264 valence electrons. The monoisotopic (exact) mass is 726 g/mol. The van der Waals surface area contributed by atoms with Crippen LogP contribution in [-0.4, -0.2) is 54.3 Å². The van der Waals surface area contributed by atoms with Crippen LogP contribution >= 0.6 is 23.2 Å². The van der Waals surface area contributed by atoms with Crippen LogP contribution in [0.15, 0.2) is 42.6 Å². The Balaban J connectivity index is 1.38. The molecule has 1 aliphatic heterocycles. The summed E-state index contributed by atoms with van der Waals surface area (Å²) in [4.78, 5) is 29.1. The minimum atomic E-state index is -1.07. The van der Waals surface area contributed by atoms with Crippen LogP contribution in [0.4, 0.5) is 5.69 Å². The first-order valence-corrected chi connectivity index (χ1v) is 17.9. The Morgan fingerprint density at radius 1 is 1.04 bits per heavy atom. The van der Waals surface area contributed by atoms with Gasteiger partial charge >= 0.3 is 5.97 Å². The first kappa shape index (κ1) is 34.6. The number of ether oxygens (including phenoxy) is 1. The van der Waals surface area contributed by atoms with Gasteiger partial charge in [0.15, 0.2) is 0 Å². The summed E-state index contributed by atoms with van der Waals surface area (Å²) in [7, 11) is 1.92. The van der Waals surface area contributed by atoms with Crippen molar-refractivity contribution in [2.75, 3.05) is 18.1 Å². The van der Waals surface area contributed by atoms with E-state index in [-0.39, 0.29) is 17.5 Å². The maximum absolute atomic E-state index is 14.9. The second kappa shape index (κ2) is 13.1. The molecule has 1 amide bonds. The number of halogens is 2. The molecule has 3 aromatic carbocycles. The summed E-state index contributed by atoms with van der Waals surface area (Å²) in [5, 5.41) is 22.1. The van der Waals surface area contributed by atoms with E-state index >= 15 is 0 Å². The Labute approximate surface area is 306 Å². The number of aromatic carboxylic acids is 1. The third kappa shape index (κ3) is 5.65. The van der Waals surface area contributed by atoms with Crippen LogP contribution < -0.4 is 9.64 Å². The first-order valence-electron chi connectivity index (χ1n) is 17.1. The Hall–Kier alpha value is -4.80. The summed E-state index contributed by atoms with van der Waals surface area (Å²) in [6.07, 6.45) is 2.78. The third-order valence-electron chi connectivity index (χ3n) is 10.2. The number of rotatable bonds is 9. The molecular formula is C39H40Cl2N6O4. The average molecular weight is 728 g/mol. The highest BCUT2D eigenvalue weighted by Gasteiger charge is 2.37. The summed E-state index contributed by atoms with van der Waals surface area (Å²) in [5.41, 5.74) is 9.17. The quantitative estimate of drug-likeness (QED) is 0.149. The topological polar surface area (TPSA) is 107 Å². The van der Waals surface area contributed by atoms with Crippen LogP contribution in [0.2, 0.25) is 10.0 Å². The molecule has 7 rings (SSSR count). The second-order valence-electron chi connectivity index (χ2n) is 13.5. The van der Waals surface area contributed by atoms with Gasteiger partial charge in [-0.05, 0) is 101 Å². The van der Waals surface area contributed by atoms with Gasteiger partial charge in [0.25, 0.3) is 5.91 Å². The van der Waals surface area contributed by atoms with Gasteiger partial charge < -0.3 is 19.3 Å². The lowest BCUT2D eigenvalue weighted by Crippen LogP contribution is -2.42. The summed E-state index contributed by atoms with van der Waals surface area (Å²) in [6, 6.07) is 11.1. The van der Waals surface area contributed by atoms with E-state index in [1.54, 1.807) is 21.8 Å². The van der Waals surface area contributed by atoms with E-state index in [0.717, 1.165) is 60.9 Å². The number of nitrogens with zero attached hydrogens (tertiary/aromatic N) is 6. The minimum Gasteiger partial charge on any atom is -0.494 e. The van der Waals surface area contributed by atoms with Crippen molar-refractivity contribution in [3.63, 3.8) is 0 Å². The first-order chi connectivity index (χ1) is 24.3. The fourth-order valence-corrected chi connectivity index (χ4v) is 8.05. The molecule has 4 heterocycles. The highest BCUT2D eigenvalue weighted by molar-refractivity contribution is 6.35. The number of hydrogen-bond acceptors (Lipinski definition) is 5. The molecule has 6 aromatic rings. The van der Waals surface area contributed by atoms with E-state index in [0.29, 0.717) is 59.8 Å². The molecule has 12 heteroatoms. The SMILES string of the molecule is CCn1ncc2c(C(=O)O)cc(N3C[C@@H](C)n4c(c(CCCOc5cc(C)c(Cl)c(C)c5)c5ccc(Cl)c(-c6c(C)nn(C)c6C)c54)C3=O)cc21. The maximum Gasteiger partial charge on any atom is 0.336 e. The van der Waals surface area contributed by atoms with Crippen molar-refractivity contribution >= 4 is 62.6 Å². The minimum absolute atomic E-state index is 0.107. The molecule has 10 nitrogen and oxygen atoms in total. The Morgan fingerprint density at radius 3 is 2.41 bits per heavy atom. The molecule has 0 aliphatic carbocycles. The fraction of sp³-hybridized carbons (Fsp3) is 0.333. The van der Waals surface area contributed by atoms with Crippen LogP contribution in [0, 0.1) is 27.7 Å². The molecule has 0 unspecified atom stereocenters. The molecule has 0 radical (unpaired) electrons. The van der Waals surface area contributed by atoms with E-state index in [4.69, 9.17) is 33.0 Å². The largest absolute Gasteiger partial charge is 0.494 e. The number of carboxylic acid groups (broad SMARTS) is 1. The number of aryl methyl sites for hydroxylation is 6. The Bertz CT molecular complexity index is 2380. The van der Waals surface area contributed by atoms with Gasteiger partial charge in [-0.15, -0.1) is 0 Å². The molecular weight excluding hydrogens is 687 g/mol. The lowest BCUT2D eigenvalue weighted by Gasteiger charge is -2.34. The summed E-state index contributed by atoms with van der Waals surface area (Å²) in [6.45, 7) is 13.3.